The smallest absolute Gasteiger partial charge is 0.232 e. The van der Waals surface area contributed by atoms with Crippen molar-refractivity contribution in [3.63, 3.8) is 0 Å². The highest BCUT2D eigenvalue weighted by Crippen LogP contribution is 2.45. The zero-order chi connectivity index (χ0) is 21.7. The molecule has 1 aromatic carbocycles. The number of rotatable bonds is 2. The first-order chi connectivity index (χ1) is 15.7. The fraction of sp³-hybridized carbons (Fsp3) is 0.409. The molecule has 1 atom stereocenters. The van der Waals surface area contributed by atoms with Crippen LogP contribution in [0.15, 0.2) is 42.6 Å². The minimum Gasteiger partial charge on any atom is -0.352 e. The molecule has 10 heteroatoms. The highest BCUT2D eigenvalue weighted by atomic mass is 35.5. The van der Waals surface area contributed by atoms with E-state index in [1.807, 2.05) is 24.3 Å². The van der Waals surface area contributed by atoms with Gasteiger partial charge >= 0.3 is 0 Å². The second-order valence-corrected chi connectivity index (χ2v) is 9.00. The maximum absolute atomic E-state index is 6.95. The van der Waals surface area contributed by atoms with Gasteiger partial charge in [-0.3, -0.25) is 4.57 Å². The predicted molar refractivity (Wildman–Crippen MR) is 122 cm³/mol. The highest BCUT2D eigenvalue weighted by molar-refractivity contribution is 6.32. The Morgan fingerprint density at radius 1 is 0.938 bits per heavy atom. The number of hydrogen-bond acceptors (Lipinski definition) is 7. The summed E-state index contributed by atoms with van der Waals surface area (Å²) in [6, 6.07) is 11.9. The molecule has 0 amide bonds. The van der Waals surface area contributed by atoms with Crippen molar-refractivity contribution in [3.05, 3.63) is 59.0 Å². The lowest BCUT2D eigenvalue weighted by atomic mass is 10.0. The van der Waals surface area contributed by atoms with Crippen LogP contribution < -0.4 is 9.80 Å². The first-order valence-electron chi connectivity index (χ1n) is 10.7. The topological polar surface area (TPSA) is 68.5 Å². The van der Waals surface area contributed by atoms with Crippen LogP contribution in [-0.4, -0.2) is 64.9 Å². The highest BCUT2D eigenvalue weighted by Gasteiger charge is 2.49. The molecule has 5 heterocycles. The lowest BCUT2D eigenvalue weighted by Crippen LogP contribution is -2.47. The average molecular weight is 473 g/mol. The van der Waals surface area contributed by atoms with Crippen LogP contribution in [0.2, 0.25) is 5.02 Å². The fourth-order valence-corrected chi connectivity index (χ4v) is 5.35. The molecule has 1 spiro atoms. The minimum absolute atomic E-state index is 0.518. The standard InChI is InChI=1S/C22H22Cl2N6O2/c23-16-5-3-7-25-19(16)28-8-10-29(11-9-28)21-27-26-20-18(24)22(31-12-13-32-22)14-15-4-1-2-6-17(15)30(20)21/h1-7,18H,8-14H2. The SMILES string of the molecule is Clc1cccnc1N1CCN(c2nnc3n2-c2ccccc2CC2(OCCO2)C3Cl)CC1. The van der Waals surface area contributed by atoms with E-state index in [9.17, 15) is 0 Å². The summed E-state index contributed by atoms with van der Waals surface area (Å²) in [5.74, 6) is 1.31. The van der Waals surface area contributed by atoms with Gasteiger partial charge in [0.2, 0.25) is 5.95 Å². The molecule has 3 aliphatic heterocycles. The Kier molecular flexibility index (Phi) is 4.98. The summed E-state index contributed by atoms with van der Waals surface area (Å²) in [6.45, 7) is 4.12. The van der Waals surface area contributed by atoms with Crippen LogP contribution in [0.1, 0.15) is 16.8 Å². The summed E-state index contributed by atoms with van der Waals surface area (Å²) in [5, 5.41) is 9.17. The number of anilines is 2. The van der Waals surface area contributed by atoms with Crippen molar-refractivity contribution in [2.45, 2.75) is 17.6 Å². The molecule has 3 aromatic rings. The van der Waals surface area contributed by atoms with Crippen molar-refractivity contribution in [1.82, 2.24) is 19.7 Å². The molecule has 0 bridgehead atoms. The summed E-state index contributed by atoms with van der Waals surface area (Å²) < 4.78 is 14.1. The number of halogens is 2. The molecular weight excluding hydrogens is 451 g/mol. The van der Waals surface area contributed by atoms with Gasteiger partial charge in [-0.1, -0.05) is 29.8 Å². The van der Waals surface area contributed by atoms with E-state index in [2.05, 4.69) is 41.7 Å². The molecule has 0 radical (unpaired) electrons. The van der Waals surface area contributed by atoms with E-state index in [0.29, 0.717) is 30.5 Å². The molecule has 0 saturated carbocycles. The van der Waals surface area contributed by atoms with E-state index < -0.39 is 11.2 Å². The van der Waals surface area contributed by atoms with Gasteiger partial charge < -0.3 is 19.3 Å². The third-order valence-electron chi connectivity index (χ3n) is 6.33. The van der Waals surface area contributed by atoms with Gasteiger partial charge in [-0.15, -0.1) is 21.8 Å². The average Bonchev–Trinajstić information content (AvgIpc) is 3.46. The molecule has 1 unspecified atom stereocenters. The monoisotopic (exact) mass is 472 g/mol. The van der Waals surface area contributed by atoms with Gasteiger partial charge in [-0.05, 0) is 23.8 Å². The van der Waals surface area contributed by atoms with Crippen LogP contribution in [0, 0.1) is 0 Å². The number of benzene rings is 1. The van der Waals surface area contributed by atoms with Gasteiger partial charge in [0.05, 0.1) is 23.9 Å². The van der Waals surface area contributed by atoms with E-state index in [1.165, 1.54) is 0 Å². The number of ether oxygens (including phenoxy) is 2. The Balaban J connectivity index is 1.35. The lowest BCUT2D eigenvalue weighted by Gasteiger charge is -2.36. The first-order valence-corrected chi connectivity index (χ1v) is 11.5. The number of pyridine rings is 1. The second-order valence-electron chi connectivity index (χ2n) is 8.15. The van der Waals surface area contributed by atoms with Gasteiger partial charge in [-0.2, -0.15) is 0 Å². The van der Waals surface area contributed by atoms with E-state index >= 15 is 0 Å². The maximum Gasteiger partial charge on any atom is 0.232 e. The molecular formula is C22H22Cl2N6O2. The van der Waals surface area contributed by atoms with Crippen LogP contribution in [-0.2, 0) is 15.9 Å². The molecule has 6 rings (SSSR count). The van der Waals surface area contributed by atoms with Gasteiger partial charge in [0.25, 0.3) is 0 Å². The number of para-hydroxylation sites is 1. The van der Waals surface area contributed by atoms with Crippen LogP contribution in [0.3, 0.4) is 0 Å². The lowest BCUT2D eigenvalue weighted by molar-refractivity contribution is -0.159. The molecule has 32 heavy (non-hydrogen) atoms. The molecule has 2 fully saturated rings. The second kappa shape index (κ2) is 7.88. The number of hydrogen-bond donors (Lipinski definition) is 0. The predicted octanol–water partition coefficient (Wildman–Crippen LogP) is 3.22. The Bertz CT molecular complexity index is 1140. The summed E-state index contributed by atoms with van der Waals surface area (Å²) >= 11 is 13.3. The van der Waals surface area contributed by atoms with Crippen LogP contribution in [0.25, 0.3) is 5.69 Å². The minimum atomic E-state index is -0.926. The van der Waals surface area contributed by atoms with Crippen molar-refractivity contribution < 1.29 is 9.47 Å². The normalized spacial score (nSPS) is 22.0. The Morgan fingerprint density at radius 2 is 1.69 bits per heavy atom. The number of nitrogens with zero attached hydrogens (tertiary/aromatic N) is 6. The molecule has 0 N–H and O–H groups in total. The van der Waals surface area contributed by atoms with Crippen molar-refractivity contribution in [2.75, 3.05) is 49.2 Å². The van der Waals surface area contributed by atoms with E-state index in [-0.39, 0.29) is 0 Å². The fourth-order valence-electron chi connectivity index (χ4n) is 4.77. The Hall–Kier alpha value is -2.39. The number of piperazine rings is 1. The number of alkyl halides is 1. The largest absolute Gasteiger partial charge is 0.352 e. The zero-order valence-corrected chi connectivity index (χ0v) is 18.8. The van der Waals surface area contributed by atoms with Crippen molar-refractivity contribution in [1.29, 1.82) is 0 Å². The number of fused-ring (bicyclic) bond motifs is 3. The summed E-state index contributed by atoms with van der Waals surface area (Å²) in [7, 11) is 0. The van der Waals surface area contributed by atoms with Crippen molar-refractivity contribution >= 4 is 35.0 Å². The molecule has 2 saturated heterocycles. The molecule has 2 aromatic heterocycles. The maximum atomic E-state index is 6.95. The van der Waals surface area contributed by atoms with Crippen molar-refractivity contribution in [2.24, 2.45) is 0 Å². The molecule has 3 aliphatic rings. The summed E-state index contributed by atoms with van der Waals surface area (Å²) in [4.78, 5) is 8.88. The quantitative estimate of drug-likeness (QED) is 0.530. The summed E-state index contributed by atoms with van der Waals surface area (Å²) in [6.07, 6.45) is 2.33. The van der Waals surface area contributed by atoms with Gasteiger partial charge in [-0.25, -0.2) is 4.98 Å². The van der Waals surface area contributed by atoms with Gasteiger partial charge in [0, 0.05) is 38.8 Å². The van der Waals surface area contributed by atoms with E-state index in [1.54, 1.807) is 6.20 Å². The Morgan fingerprint density at radius 3 is 2.47 bits per heavy atom. The van der Waals surface area contributed by atoms with E-state index in [0.717, 1.165) is 49.2 Å². The van der Waals surface area contributed by atoms with Crippen molar-refractivity contribution in [3.8, 4) is 5.69 Å². The van der Waals surface area contributed by atoms with Gasteiger partial charge in [0.15, 0.2) is 11.6 Å². The molecule has 166 valence electrons. The molecule has 0 aliphatic carbocycles. The van der Waals surface area contributed by atoms with Crippen LogP contribution in [0.4, 0.5) is 11.8 Å². The third kappa shape index (κ3) is 3.16. The first kappa shape index (κ1) is 20.2. The summed E-state index contributed by atoms with van der Waals surface area (Å²) in [5.41, 5.74) is 2.11. The van der Waals surface area contributed by atoms with Crippen LogP contribution in [0.5, 0.6) is 0 Å². The number of aromatic nitrogens is 4. The third-order valence-corrected chi connectivity index (χ3v) is 7.15. The Labute approximate surface area is 195 Å². The van der Waals surface area contributed by atoms with E-state index in [4.69, 9.17) is 32.7 Å². The molecule has 8 nitrogen and oxygen atoms in total. The zero-order valence-electron chi connectivity index (χ0n) is 17.3. The van der Waals surface area contributed by atoms with Crippen LogP contribution >= 0.6 is 23.2 Å². The van der Waals surface area contributed by atoms with Gasteiger partial charge in [0.1, 0.15) is 11.2 Å².